The van der Waals surface area contributed by atoms with E-state index in [4.69, 9.17) is 5.73 Å². The standard InChI is InChI=1S/C7H8N4S/c1-12-4-2-9-7-5(4)6(8)10-3-11-7/h2-3H,1H3,(H3,8,9,10,11). The first kappa shape index (κ1) is 7.42. The summed E-state index contributed by atoms with van der Waals surface area (Å²) in [7, 11) is 0. The Kier molecular flexibility index (Phi) is 1.65. The van der Waals surface area contributed by atoms with Crippen LogP contribution < -0.4 is 5.73 Å². The van der Waals surface area contributed by atoms with Crippen molar-refractivity contribution in [2.75, 3.05) is 12.0 Å². The van der Waals surface area contributed by atoms with Crippen molar-refractivity contribution < 1.29 is 0 Å². The van der Waals surface area contributed by atoms with E-state index in [1.165, 1.54) is 6.33 Å². The maximum Gasteiger partial charge on any atom is 0.144 e. The molecule has 0 bridgehead atoms. The van der Waals surface area contributed by atoms with Gasteiger partial charge in [-0.15, -0.1) is 11.8 Å². The fourth-order valence-corrected chi connectivity index (χ4v) is 1.70. The third kappa shape index (κ3) is 0.937. The highest BCUT2D eigenvalue weighted by atomic mass is 32.2. The summed E-state index contributed by atoms with van der Waals surface area (Å²) in [5.41, 5.74) is 6.49. The van der Waals surface area contributed by atoms with E-state index in [1.54, 1.807) is 11.8 Å². The zero-order valence-corrected chi connectivity index (χ0v) is 7.35. The third-order valence-corrected chi connectivity index (χ3v) is 2.44. The van der Waals surface area contributed by atoms with Crippen LogP contribution in [0.5, 0.6) is 0 Å². The lowest BCUT2D eigenvalue weighted by molar-refractivity contribution is 1.21. The summed E-state index contributed by atoms with van der Waals surface area (Å²) in [5, 5.41) is 0.921. The number of hydrogen-bond acceptors (Lipinski definition) is 4. The lowest BCUT2D eigenvalue weighted by atomic mass is 10.4. The minimum atomic E-state index is 0.533. The van der Waals surface area contributed by atoms with Crippen LogP contribution in [0.25, 0.3) is 11.0 Å². The van der Waals surface area contributed by atoms with Gasteiger partial charge in [0.2, 0.25) is 0 Å². The Balaban J connectivity index is 2.83. The predicted octanol–water partition coefficient (Wildman–Crippen LogP) is 1.26. The topological polar surface area (TPSA) is 67.6 Å². The van der Waals surface area contributed by atoms with E-state index < -0.39 is 0 Å². The highest BCUT2D eigenvalue weighted by molar-refractivity contribution is 7.98. The van der Waals surface area contributed by atoms with Crippen LogP contribution in [-0.2, 0) is 0 Å². The van der Waals surface area contributed by atoms with Crippen LogP contribution in [0.4, 0.5) is 5.82 Å². The number of thioether (sulfide) groups is 1. The molecule has 0 spiro atoms. The van der Waals surface area contributed by atoms with E-state index in [0.29, 0.717) is 5.82 Å². The number of aromatic nitrogens is 3. The number of aromatic amines is 1. The lowest BCUT2D eigenvalue weighted by Crippen LogP contribution is -1.91. The van der Waals surface area contributed by atoms with Crippen LogP contribution in [-0.4, -0.2) is 21.2 Å². The molecule has 12 heavy (non-hydrogen) atoms. The maximum absolute atomic E-state index is 5.69. The molecule has 2 heterocycles. The quantitative estimate of drug-likeness (QED) is 0.648. The number of anilines is 1. The van der Waals surface area contributed by atoms with Gasteiger partial charge >= 0.3 is 0 Å². The summed E-state index contributed by atoms with van der Waals surface area (Å²) in [5.74, 6) is 0.533. The second kappa shape index (κ2) is 2.67. The van der Waals surface area contributed by atoms with Gasteiger partial charge in [0.25, 0.3) is 0 Å². The van der Waals surface area contributed by atoms with Crippen molar-refractivity contribution in [3.63, 3.8) is 0 Å². The molecular formula is C7H8N4S. The number of nitrogen functional groups attached to an aromatic ring is 1. The zero-order chi connectivity index (χ0) is 8.55. The molecule has 2 rings (SSSR count). The predicted molar refractivity (Wildman–Crippen MR) is 50.1 cm³/mol. The zero-order valence-electron chi connectivity index (χ0n) is 6.53. The van der Waals surface area contributed by atoms with Crippen molar-refractivity contribution in [1.82, 2.24) is 15.0 Å². The third-order valence-electron chi connectivity index (χ3n) is 1.68. The van der Waals surface area contributed by atoms with E-state index >= 15 is 0 Å². The minimum absolute atomic E-state index is 0.533. The van der Waals surface area contributed by atoms with Crippen LogP contribution in [0.15, 0.2) is 17.4 Å². The fourth-order valence-electron chi connectivity index (χ4n) is 1.12. The molecule has 0 saturated carbocycles. The molecule has 0 aliphatic carbocycles. The monoisotopic (exact) mass is 180 g/mol. The molecular weight excluding hydrogens is 172 g/mol. The summed E-state index contributed by atoms with van der Waals surface area (Å²) in [6.45, 7) is 0. The van der Waals surface area contributed by atoms with Crippen LogP contribution in [0.2, 0.25) is 0 Å². The SMILES string of the molecule is CSc1c[nH]c2ncnc(N)c12. The number of rotatable bonds is 1. The smallest absolute Gasteiger partial charge is 0.144 e. The summed E-state index contributed by atoms with van der Waals surface area (Å²) in [6.07, 6.45) is 5.34. The van der Waals surface area contributed by atoms with E-state index in [1.807, 2.05) is 12.5 Å². The van der Waals surface area contributed by atoms with Crippen molar-refractivity contribution in [3.8, 4) is 0 Å². The molecule has 0 amide bonds. The molecule has 0 fully saturated rings. The Labute approximate surface area is 73.6 Å². The van der Waals surface area contributed by atoms with Gasteiger partial charge in [-0.25, -0.2) is 9.97 Å². The number of H-pyrrole nitrogens is 1. The molecule has 0 aliphatic rings. The Morgan fingerprint density at radius 3 is 3.08 bits per heavy atom. The maximum atomic E-state index is 5.69. The Bertz CT molecular complexity index is 409. The van der Waals surface area contributed by atoms with E-state index in [9.17, 15) is 0 Å². The molecule has 0 radical (unpaired) electrons. The Morgan fingerprint density at radius 1 is 1.50 bits per heavy atom. The molecule has 2 aromatic heterocycles. The minimum Gasteiger partial charge on any atom is -0.383 e. The van der Waals surface area contributed by atoms with Crippen molar-refractivity contribution >= 4 is 28.6 Å². The number of nitrogens with two attached hydrogens (primary N) is 1. The van der Waals surface area contributed by atoms with Gasteiger partial charge in [-0.2, -0.15) is 0 Å². The molecule has 0 aliphatic heterocycles. The van der Waals surface area contributed by atoms with Crippen LogP contribution in [0.1, 0.15) is 0 Å². The Morgan fingerprint density at radius 2 is 2.33 bits per heavy atom. The number of fused-ring (bicyclic) bond motifs is 1. The first-order valence-corrected chi connectivity index (χ1v) is 4.67. The second-order valence-electron chi connectivity index (χ2n) is 2.34. The summed E-state index contributed by atoms with van der Waals surface area (Å²) < 4.78 is 0. The first-order chi connectivity index (χ1) is 5.83. The molecule has 3 N–H and O–H groups in total. The average molecular weight is 180 g/mol. The number of nitrogens with zero attached hydrogens (tertiary/aromatic N) is 2. The van der Waals surface area contributed by atoms with Gasteiger partial charge < -0.3 is 10.7 Å². The molecule has 0 atom stereocenters. The molecule has 2 aromatic rings. The van der Waals surface area contributed by atoms with E-state index in [-0.39, 0.29) is 0 Å². The van der Waals surface area contributed by atoms with Gasteiger partial charge in [-0.3, -0.25) is 0 Å². The fraction of sp³-hybridized carbons (Fsp3) is 0.143. The van der Waals surface area contributed by atoms with E-state index in [2.05, 4.69) is 15.0 Å². The number of nitrogens with one attached hydrogen (secondary N) is 1. The van der Waals surface area contributed by atoms with Crippen molar-refractivity contribution in [2.45, 2.75) is 4.90 Å². The van der Waals surface area contributed by atoms with Crippen molar-refractivity contribution in [3.05, 3.63) is 12.5 Å². The van der Waals surface area contributed by atoms with Gasteiger partial charge in [0, 0.05) is 11.1 Å². The number of hydrogen-bond donors (Lipinski definition) is 2. The highest BCUT2D eigenvalue weighted by Crippen LogP contribution is 2.27. The van der Waals surface area contributed by atoms with Crippen LogP contribution in [0.3, 0.4) is 0 Å². The van der Waals surface area contributed by atoms with Crippen LogP contribution >= 0.6 is 11.8 Å². The largest absolute Gasteiger partial charge is 0.383 e. The van der Waals surface area contributed by atoms with Gasteiger partial charge in [-0.05, 0) is 6.26 Å². The molecule has 4 nitrogen and oxygen atoms in total. The molecule has 5 heteroatoms. The molecule has 0 saturated heterocycles. The summed E-state index contributed by atoms with van der Waals surface area (Å²) >= 11 is 1.63. The molecule has 0 aromatic carbocycles. The summed E-state index contributed by atoms with van der Waals surface area (Å²) in [4.78, 5) is 12.1. The van der Waals surface area contributed by atoms with Crippen LogP contribution in [0, 0.1) is 0 Å². The second-order valence-corrected chi connectivity index (χ2v) is 3.19. The normalized spacial score (nSPS) is 10.8. The van der Waals surface area contributed by atoms with Crippen molar-refractivity contribution in [2.24, 2.45) is 0 Å². The van der Waals surface area contributed by atoms with Crippen molar-refractivity contribution in [1.29, 1.82) is 0 Å². The van der Waals surface area contributed by atoms with Gasteiger partial charge in [-0.1, -0.05) is 0 Å². The van der Waals surface area contributed by atoms with Gasteiger partial charge in [0.1, 0.15) is 17.8 Å². The average Bonchev–Trinajstić information content (AvgIpc) is 2.49. The summed E-state index contributed by atoms with van der Waals surface area (Å²) in [6, 6.07) is 0. The van der Waals surface area contributed by atoms with E-state index in [0.717, 1.165) is 15.9 Å². The highest BCUT2D eigenvalue weighted by Gasteiger charge is 2.06. The lowest BCUT2D eigenvalue weighted by Gasteiger charge is -1.95. The molecule has 62 valence electrons. The van der Waals surface area contributed by atoms with Gasteiger partial charge in [0.05, 0.1) is 5.39 Å². The molecule has 0 unspecified atom stereocenters. The van der Waals surface area contributed by atoms with Gasteiger partial charge in [0.15, 0.2) is 0 Å². The Hall–Kier alpha value is -1.23. The first-order valence-electron chi connectivity index (χ1n) is 3.44.